The number of halogens is 1. The van der Waals surface area contributed by atoms with Crippen LogP contribution in [0.3, 0.4) is 0 Å². The minimum absolute atomic E-state index is 0.472. The first-order valence-electron chi connectivity index (χ1n) is 5.41. The molecule has 2 aromatic rings. The molecule has 0 radical (unpaired) electrons. The van der Waals surface area contributed by atoms with Crippen molar-refractivity contribution in [3.8, 4) is 0 Å². The van der Waals surface area contributed by atoms with Gasteiger partial charge in [0.2, 0.25) is 0 Å². The monoisotopic (exact) mass is 311 g/mol. The number of aryl methyl sites for hydroxylation is 2. The van der Waals surface area contributed by atoms with Crippen LogP contribution in [0.5, 0.6) is 0 Å². The molecule has 0 saturated carbocycles. The van der Waals surface area contributed by atoms with Gasteiger partial charge in [0, 0.05) is 23.2 Å². The predicted octanol–water partition coefficient (Wildman–Crippen LogP) is 3.80. The van der Waals surface area contributed by atoms with Crippen LogP contribution < -0.4 is 0 Å². The van der Waals surface area contributed by atoms with E-state index >= 15 is 0 Å². The molecule has 2 rings (SSSR count). The third kappa shape index (κ3) is 3.15. The molecular formula is C13H14BrNOS. The molecule has 2 heterocycles. The zero-order valence-corrected chi connectivity index (χ0v) is 12.2. The number of rotatable bonds is 3. The molecule has 4 heteroatoms. The van der Waals surface area contributed by atoms with Gasteiger partial charge in [-0.25, -0.2) is 0 Å². The highest BCUT2D eigenvalue weighted by Gasteiger charge is 2.13. The van der Waals surface area contributed by atoms with Gasteiger partial charge in [-0.05, 0) is 53.0 Å². The Labute approximate surface area is 113 Å². The van der Waals surface area contributed by atoms with Crippen molar-refractivity contribution in [2.24, 2.45) is 0 Å². The molecule has 2 nitrogen and oxygen atoms in total. The Kier molecular flexibility index (Phi) is 3.97. The number of aromatic nitrogens is 1. The third-order valence-electron chi connectivity index (χ3n) is 2.58. The molecule has 1 unspecified atom stereocenters. The fraction of sp³-hybridized carbons (Fsp3) is 0.308. The van der Waals surface area contributed by atoms with Crippen molar-refractivity contribution >= 4 is 27.3 Å². The number of hydrogen-bond acceptors (Lipinski definition) is 3. The van der Waals surface area contributed by atoms with Gasteiger partial charge in [0.1, 0.15) is 0 Å². The van der Waals surface area contributed by atoms with Crippen LogP contribution in [-0.2, 0) is 6.42 Å². The molecule has 0 amide bonds. The lowest BCUT2D eigenvalue weighted by Crippen LogP contribution is -2.01. The topological polar surface area (TPSA) is 33.1 Å². The van der Waals surface area contributed by atoms with Crippen LogP contribution in [0.4, 0.5) is 0 Å². The van der Waals surface area contributed by atoms with E-state index in [-0.39, 0.29) is 0 Å². The number of hydrogen-bond donors (Lipinski definition) is 1. The molecular weight excluding hydrogens is 298 g/mol. The molecule has 0 fully saturated rings. The maximum absolute atomic E-state index is 10.1. The molecule has 0 aliphatic carbocycles. The van der Waals surface area contributed by atoms with E-state index in [1.807, 2.05) is 38.2 Å². The summed E-state index contributed by atoms with van der Waals surface area (Å²) in [6, 6.07) is 6.01. The first-order valence-corrected chi connectivity index (χ1v) is 7.02. The van der Waals surface area contributed by atoms with Crippen LogP contribution in [0.15, 0.2) is 28.2 Å². The summed E-state index contributed by atoms with van der Waals surface area (Å²) in [6.07, 6.45) is 1.92. The summed E-state index contributed by atoms with van der Waals surface area (Å²) in [5.74, 6) is 0. The maximum atomic E-state index is 10.1. The van der Waals surface area contributed by atoms with Crippen molar-refractivity contribution in [2.45, 2.75) is 26.4 Å². The van der Waals surface area contributed by atoms with Crippen LogP contribution in [0.2, 0.25) is 0 Å². The van der Waals surface area contributed by atoms with E-state index in [0.29, 0.717) is 6.42 Å². The van der Waals surface area contributed by atoms with E-state index in [2.05, 4.69) is 20.9 Å². The highest BCUT2D eigenvalue weighted by Crippen LogP contribution is 2.32. The number of aliphatic hydroxyl groups is 1. The van der Waals surface area contributed by atoms with E-state index in [4.69, 9.17) is 0 Å². The lowest BCUT2D eigenvalue weighted by Gasteiger charge is -2.07. The molecule has 0 bridgehead atoms. The van der Waals surface area contributed by atoms with Gasteiger partial charge in [-0.3, -0.25) is 4.98 Å². The lowest BCUT2D eigenvalue weighted by atomic mass is 10.1. The average molecular weight is 312 g/mol. The Hall–Kier alpha value is -0.710. The largest absolute Gasteiger partial charge is 0.387 e. The SMILES string of the molecule is Cc1ccc(CC(O)c2cc(C)c(Br)s2)nc1. The Morgan fingerprint density at radius 2 is 2.18 bits per heavy atom. The Bertz CT molecular complexity index is 487. The molecule has 90 valence electrons. The van der Waals surface area contributed by atoms with Crippen LogP contribution in [-0.4, -0.2) is 10.1 Å². The van der Waals surface area contributed by atoms with Crippen LogP contribution >= 0.6 is 27.3 Å². The first-order chi connectivity index (χ1) is 8.06. The van der Waals surface area contributed by atoms with Gasteiger partial charge < -0.3 is 5.11 Å². The van der Waals surface area contributed by atoms with Crippen molar-refractivity contribution < 1.29 is 5.11 Å². The Morgan fingerprint density at radius 1 is 1.41 bits per heavy atom. The standard InChI is InChI=1S/C13H14BrNOS/c1-8-3-4-10(15-7-8)6-11(16)12-5-9(2)13(14)17-12/h3-5,7,11,16H,6H2,1-2H3. The van der Waals surface area contributed by atoms with E-state index in [0.717, 1.165) is 19.9 Å². The van der Waals surface area contributed by atoms with Crippen molar-refractivity contribution in [2.75, 3.05) is 0 Å². The van der Waals surface area contributed by atoms with Crippen molar-refractivity contribution in [1.29, 1.82) is 0 Å². The number of nitrogens with zero attached hydrogens (tertiary/aromatic N) is 1. The second kappa shape index (κ2) is 5.29. The molecule has 0 saturated heterocycles. The number of aliphatic hydroxyl groups excluding tert-OH is 1. The second-order valence-corrected chi connectivity index (χ2v) is 6.55. The third-order valence-corrected chi connectivity index (χ3v) is 4.82. The van der Waals surface area contributed by atoms with Crippen LogP contribution in [0, 0.1) is 13.8 Å². The first kappa shape index (κ1) is 12.7. The van der Waals surface area contributed by atoms with E-state index in [1.54, 1.807) is 11.3 Å². The van der Waals surface area contributed by atoms with E-state index in [9.17, 15) is 5.11 Å². The average Bonchev–Trinajstić information content (AvgIpc) is 2.63. The number of pyridine rings is 1. The van der Waals surface area contributed by atoms with Gasteiger partial charge in [0.25, 0.3) is 0 Å². The summed E-state index contributed by atoms with van der Waals surface area (Å²) >= 11 is 5.05. The van der Waals surface area contributed by atoms with Crippen molar-refractivity contribution in [3.05, 3.63) is 49.9 Å². The molecule has 0 aliphatic rings. The van der Waals surface area contributed by atoms with Crippen molar-refractivity contribution in [1.82, 2.24) is 4.98 Å². The van der Waals surface area contributed by atoms with E-state index < -0.39 is 6.10 Å². The fourth-order valence-electron chi connectivity index (χ4n) is 1.57. The molecule has 0 aliphatic heterocycles. The van der Waals surface area contributed by atoms with Gasteiger partial charge in [0.05, 0.1) is 9.89 Å². The molecule has 2 aromatic heterocycles. The number of thiophene rings is 1. The summed E-state index contributed by atoms with van der Waals surface area (Å²) in [6.45, 7) is 4.04. The Balaban J connectivity index is 2.11. The van der Waals surface area contributed by atoms with Gasteiger partial charge in [-0.1, -0.05) is 6.07 Å². The fourth-order valence-corrected chi connectivity index (χ4v) is 3.12. The van der Waals surface area contributed by atoms with Crippen molar-refractivity contribution in [3.63, 3.8) is 0 Å². The maximum Gasteiger partial charge on any atom is 0.0937 e. The summed E-state index contributed by atoms with van der Waals surface area (Å²) in [4.78, 5) is 5.29. The highest BCUT2D eigenvalue weighted by atomic mass is 79.9. The molecule has 0 spiro atoms. The van der Waals surface area contributed by atoms with Gasteiger partial charge in [-0.15, -0.1) is 11.3 Å². The summed E-state index contributed by atoms with van der Waals surface area (Å²) in [5.41, 5.74) is 3.23. The molecule has 0 aromatic carbocycles. The normalized spacial score (nSPS) is 12.7. The van der Waals surface area contributed by atoms with Crippen LogP contribution in [0.25, 0.3) is 0 Å². The van der Waals surface area contributed by atoms with Gasteiger partial charge in [-0.2, -0.15) is 0 Å². The van der Waals surface area contributed by atoms with Crippen LogP contribution in [0.1, 0.15) is 27.8 Å². The quantitative estimate of drug-likeness (QED) is 0.935. The minimum Gasteiger partial charge on any atom is -0.387 e. The zero-order valence-electron chi connectivity index (χ0n) is 9.77. The smallest absolute Gasteiger partial charge is 0.0937 e. The summed E-state index contributed by atoms with van der Waals surface area (Å²) < 4.78 is 1.09. The molecule has 1 N–H and O–H groups in total. The van der Waals surface area contributed by atoms with E-state index in [1.165, 1.54) is 5.56 Å². The highest BCUT2D eigenvalue weighted by molar-refractivity contribution is 9.11. The predicted molar refractivity (Wildman–Crippen MR) is 74.4 cm³/mol. The molecule has 17 heavy (non-hydrogen) atoms. The molecule has 1 atom stereocenters. The summed E-state index contributed by atoms with van der Waals surface area (Å²) in [5, 5.41) is 10.1. The minimum atomic E-state index is -0.472. The Morgan fingerprint density at radius 3 is 2.71 bits per heavy atom. The van der Waals surface area contributed by atoms with Gasteiger partial charge in [0.15, 0.2) is 0 Å². The summed E-state index contributed by atoms with van der Waals surface area (Å²) in [7, 11) is 0. The zero-order chi connectivity index (χ0) is 12.4. The lowest BCUT2D eigenvalue weighted by molar-refractivity contribution is 0.181. The van der Waals surface area contributed by atoms with Gasteiger partial charge >= 0.3 is 0 Å². The second-order valence-electron chi connectivity index (χ2n) is 4.15.